The summed E-state index contributed by atoms with van der Waals surface area (Å²) in [4.78, 5) is 18.7. The molecule has 3 N–H and O–H groups in total. The van der Waals surface area contributed by atoms with Crippen molar-refractivity contribution in [3.8, 4) is 0 Å². The summed E-state index contributed by atoms with van der Waals surface area (Å²) >= 11 is 0. The zero-order valence-electron chi connectivity index (χ0n) is 14.4. The summed E-state index contributed by atoms with van der Waals surface area (Å²) in [6, 6.07) is 0. The molecule has 7 nitrogen and oxygen atoms in total. The van der Waals surface area contributed by atoms with Gasteiger partial charge in [0.1, 0.15) is 5.54 Å². The molecule has 1 aromatic rings. The lowest BCUT2D eigenvalue weighted by Crippen LogP contribution is -2.45. The Morgan fingerprint density at radius 1 is 1.29 bits per heavy atom. The fraction of sp³-hybridized carbons (Fsp3) is 0.800. The van der Waals surface area contributed by atoms with Gasteiger partial charge in [0.05, 0.1) is 6.54 Å². The molecule has 1 heterocycles. The van der Waals surface area contributed by atoms with E-state index in [4.69, 9.17) is 10.3 Å². The lowest BCUT2D eigenvalue weighted by Gasteiger charge is -2.26. The van der Waals surface area contributed by atoms with Gasteiger partial charge in [-0.25, -0.2) is 0 Å². The Kier molecular flexibility index (Phi) is 10.5. The van der Waals surface area contributed by atoms with Crippen LogP contribution in [0.15, 0.2) is 4.52 Å². The predicted octanol–water partition coefficient (Wildman–Crippen LogP) is 1.99. The van der Waals surface area contributed by atoms with Gasteiger partial charge in [-0.05, 0) is 25.9 Å². The second-order valence-corrected chi connectivity index (χ2v) is 5.85. The van der Waals surface area contributed by atoms with E-state index in [1.165, 1.54) is 0 Å². The highest BCUT2D eigenvalue weighted by Crippen LogP contribution is 2.37. The molecule has 2 rings (SSSR count). The predicted molar refractivity (Wildman–Crippen MR) is 97.4 cm³/mol. The number of rotatable bonds is 8. The highest BCUT2D eigenvalue weighted by Gasteiger charge is 2.41. The van der Waals surface area contributed by atoms with E-state index in [0.717, 1.165) is 38.8 Å². The third kappa shape index (κ3) is 5.58. The largest absolute Gasteiger partial charge is 0.343 e. The Labute approximate surface area is 155 Å². The molecule has 0 radical (unpaired) electrons. The van der Waals surface area contributed by atoms with Crippen LogP contribution in [0.1, 0.15) is 57.7 Å². The Hall–Kier alpha value is -0.890. The summed E-state index contributed by atoms with van der Waals surface area (Å²) in [7, 11) is 0. The van der Waals surface area contributed by atoms with Crippen molar-refractivity contribution in [1.82, 2.24) is 20.4 Å². The Morgan fingerprint density at radius 3 is 2.46 bits per heavy atom. The van der Waals surface area contributed by atoms with Crippen LogP contribution in [0.5, 0.6) is 0 Å². The van der Waals surface area contributed by atoms with Crippen molar-refractivity contribution in [2.45, 2.75) is 58.0 Å². The number of halogens is 2. The summed E-state index contributed by atoms with van der Waals surface area (Å²) < 4.78 is 5.40. The standard InChI is InChI=1S/C15H27N5O2.2ClH/c1-3-20(4-2)11-13-17-14(19-22-13)15(8-5-6-9-15)18-12(21)7-10-16;;/h3-11,16H2,1-2H3,(H,18,21);2*1H. The second kappa shape index (κ2) is 10.9. The van der Waals surface area contributed by atoms with Gasteiger partial charge in [-0.1, -0.05) is 31.8 Å². The molecule has 0 aliphatic heterocycles. The molecule has 140 valence electrons. The Balaban J connectivity index is 0.00000264. The van der Waals surface area contributed by atoms with Crippen LogP contribution < -0.4 is 11.1 Å². The zero-order valence-corrected chi connectivity index (χ0v) is 16.0. The highest BCUT2D eigenvalue weighted by molar-refractivity contribution is 5.85. The maximum atomic E-state index is 12.0. The van der Waals surface area contributed by atoms with Crippen LogP contribution in [0.4, 0.5) is 0 Å². The third-order valence-corrected chi connectivity index (χ3v) is 4.36. The molecule has 0 unspecified atom stereocenters. The van der Waals surface area contributed by atoms with Crippen molar-refractivity contribution in [3.63, 3.8) is 0 Å². The number of nitrogens with zero attached hydrogens (tertiary/aromatic N) is 3. The van der Waals surface area contributed by atoms with Crippen molar-refractivity contribution in [1.29, 1.82) is 0 Å². The molecule has 0 saturated heterocycles. The first-order chi connectivity index (χ1) is 10.6. The lowest BCUT2D eigenvalue weighted by atomic mass is 9.96. The number of hydrogen-bond donors (Lipinski definition) is 2. The van der Waals surface area contributed by atoms with E-state index in [9.17, 15) is 4.79 Å². The fourth-order valence-electron chi connectivity index (χ4n) is 3.00. The van der Waals surface area contributed by atoms with Gasteiger partial charge in [-0.2, -0.15) is 4.98 Å². The van der Waals surface area contributed by atoms with Gasteiger partial charge in [0, 0.05) is 13.0 Å². The van der Waals surface area contributed by atoms with Crippen LogP contribution in [0.25, 0.3) is 0 Å². The quantitative estimate of drug-likeness (QED) is 0.714. The molecule has 1 amide bonds. The minimum absolute atomic E-state index is 0. The van der Waals surface area contributed by atoms with E-state index in [1.807, 2.05) is 0 Å². The van der Waals surface area contributed by atoms with Gasteiger partial charge in [0.15, 0.2) is 5.82 Å². The van der Waals surface area contributed by atoms with Crippen molar-refractivity contribution >= 4 is 30.7 Å². The minimum atomic E-state index is -0.475. The van der Waals surface area contributed by atoms with Gasteiger partial charge in [-0.15, -0.1) is 24.8 Å². The molecular weight excluding hydrogens is 353 g/mol. The number of hydrogen-bond acceptors (Lipinski definition) is 6. The number of carbonyl (C=O) groups excluding carboxylic acids is 1. The highest BCUT2D eigenvalue weighted by atomic mass is 35.5. The van der Waals surface area contributed by atoms with Crippen LogP contribution in [-0.2, 0) is 16.9 Å². The van der Waals surface area contributed by atoms with Gasteiger partial charge in [0.2, 0.25) is 11.8 Å². The van der Waals surface area contributed by atoms with E-state index < -0.39 is 5.54 Å². The van der Waals surface area contributed by atoms with Crippen LogP contribution in [0.3, 0.4) is 0 Å². The molecule has 1 aromatic heterocycles. The van der Waals surface area contributed by atoms with Crippen LogP contribution in [-0.4, -0.2) is 40.6 Å². The monoisotopic (exact) mass is 381 g/mol. The molecule has 1 fully saturated rings. The average Bonchev–Trinajstić information content (AvgIpc) is 3.15. The molecule has 9 heteroatoms. The van der Waals surface area contributed by atoms with Gasteiger partial charge in [-0.3, -0.25) is 9.69 Å². The van der Waals surface area contributed by atoms with Gasteiger partial charge in [0.25, 0.3) is 0 Å². The minimum Gasteiger partial charge on any atom is -0.343 e. The maximum absolute atomic E-state index is 12.0. The summed E-state index contributed by atoms with van der Waals surface area (Å²) in [5, 5.41) is 7.23. The number of aromatic nitrogens is 2. The van der Waals surface area contributed by atoms with Crippen LogP contribution in [0.2, 0.25) is 0 Å². The van der Waals surface area contributed by atoms with Gasteiger partial charge >= 0.3 is 0 Å². The molecule has 1 saturated carbocycles. The lowest BCUT2D eigenvalue weighted by molar-refractivity contribution is -0.123. The first-order valence-corrected chi connectivity index (χ1v) is 8.20. The number of nitrogens with two attached hydrogens (primary N) is 1. The molecule has 0 atom stereocenters. The van der Waals surface area contributed by atoms with Crippen molar-refractivity contribution in [3.05, 3.63) is 11.7 Å². The van der Waals surface area contributed by atoms with Gasteiger partial charge < -0.3 is 15.6 Å². The smallest absolute Gasteiger partial charge is 0.240 e. The maximum Gasteiger partial charge on any atom is 0.240 e. The summed E-state index contributed by atoms with van der Waals surface area (Å²) in [5.74, 6) is 1.18. The van der Waals surface area contributed by atoms with E-state index in [2.05, 4.69) is 34.2 Å². The number of amides is 1. The molecule has 0 spiro atoms. The Morgan fingerprint density at radius 2 is 1.92 bits per heavy atom. The van der Waals surface area contributed by atoms with Crippen LogP contribution in [0, 0.1) is 0 Å². The summed E-state index contributed by atoms with van der Waals surface area (Å²) in [5.41, 5.74) is 4.98. The first kappa shape index (κ1) is 23.1. The van der Waals surface area contributed by atoms with Crippen molar-refractivity contribution < 1.29 is 9.32 Å². The summed E-state index contributed by atoms with van der Waals surface area (Å²) in [6.45, 7) is 7.08. The van der Waals surface area contributed by atoms with E-state index >= 15 is 0 Å². The molecule has 1 aliphatic rings. The number of carbonyl (C=O) groups is 1. The molecule has 24 heavy (non-hydrogen) atoms. The topological polar surface area (TPSA) is 97.3 Å². The van der Waals surface area contributed by atoms with Crippen molar-refractivity contribution in [2.75, 3.05) is 19.6 Å². The average molecular weight is 382 g/mol. The normalized spacial score (nSPS) is 15.7. The molecule has 0 aromatic carbocycles. The van der Waals surface area contributed by atoms with E-state index in [0.29, 0.717) is 31.2 Å². The van der Waals surface area contributed by atoms with Crippen molar-refractivity contribution in [2.24, 2.45) is 5.73 Å². The molecule has 1 aliphatic carbocycles. The molecule has 0 bridgehead atoms. The first-order valence-electron chi connectivity index (χ1n) is 8.20. The number of nitrogens with one attached hydrogen (secondary N) is 1. The fourth-order valence-corrected chi connectivity index (χ4v) is 3.00. The summed E-state index contributed by atoms with van der Waals surface area (Å²) in [6.07, 6.45) is 4.15. The third-order valence-electron chi connectivity index (χ3n) is 4.36. The van der Waals surface area contributed by atoms with E-state index in [1.54, 1.807) is 0 Å². The second-order valence-electron chi connectivity index (χ2n) is 5.85. The molecular formula is C15H29Cl2N5O2. The zero-order chi connectivity index (χ0) is 16.0. The Bertz CT molecular complexity index is 488. The SMILES string of the molecule is CCN(CC)Cc1nc(C2(NC(=O)CCN)CCCC2)no1.Cl.Cl. The van der Waals surface area contributed by atoms with E-state index in [-0.39, 0.29) is 30.7 Å². The van der Waals surface area contributed by atoms with Crippen LogP contribution >= 0.6 is 24.8 Å².